The normalized spacial score (nSPS) is 13.1. The smallest absolute Gasteiger partial charge is 0.366 e. The zero-order valence-electron chi connectivity index (χ0n) is 23.0. The van der Waals surface area contributed by atoms with E-state index in [1.165, 1.54) is 6.07 Å². The minimum atomic E-state index is -0.979. The number of nitrogens with zero attached hydrogens (tertiary/aromatic N) is 2. The molecule has 1 aromatic heterocycles. The largest absolute Gasteiger partial charge is 0.481 e. The van der Waals surface area contributed by atoms with Crippen LogP contribution in [0.25, 0.3) is 21.8 Å². The van der Waals surface area contributed by atoms with E-state index in [1.54, 1.807) is 38.1 Å². The predicted molar refractivity (Wildman–Crippen MR) is 150 cm³/mol. The average Bonchev–Trinajstić information content (AvgIpc) is 3.28. The monoisotopic (exact) mass is 570 g/mol. The molecule has 0 spiro atoms. The Kier molecular flexibility index (Phi) is 7.58. The number of rotatable bonds is 8. The molecule has 4 aromatic rings. The average molecular weight is 571 g/mol. The second-order valence-electron chi connectivity index (χ2n) is 10.0. The van der Waals surface area contributed by atoms with E-state index in [1.807, 2.05) is 28.8 Å². The summed E-state index contributed by atoms with van der Waals surface area (Å²) in [7, 11) is 0. The van der Waals surface area contributed by atoms with E-state index >= 15 is 0 Å². The second-order valence-corrected chi connectivity index (χ2v) is 10.0. The Morgan fingerprint density at radius 3 is 2.07 bits per heavy atom. The number of aryl methyl sites for hydroxylation is 2. The minimum Gasteiger partial charge on any atom is -0.481 e. The van der Waals surface area contributed by atoms with Gasteiger partial charge in [-0.2, -0.15) is 4.57 Å². The van der Waals surface area contributed by atoms with Crippen LogP contribution in [0.1, 0.15) is 57.5 Å². The Balaban J connectivity index is 1.52. The summed E-state index contributed by atoms with van der Waals surface area (Å²) in [5.74, 6) is -3.57. The Morgan fingerprint density at radius 2 is 1.50 bits per heavy atom. The van der Waals surface area contributed by atoms with Crippen LogP contribution in [0.3, 0.4) is 0 Å². The number of anilines is 1. The third kappa shape index (κ3) is 5.12. The molecule has 0 atom stereocenters. The van der Waals surface area contributed by atoms with Gasteiger partial charge in [-0.3, -0.25) is 14.4 Å². The number of aliphatic carboxylic acids is 1. The Hall–Kier alpha value is -5.32. The molecule has 11 nitrogen and oxygen atoms in total. The van der Waals surface area contributed by atoms with Crippen molar-refractivity contribution in [3.8, 4) is 5.75 Å². The number of pyridine rings is 1. The van der Waals surface area contributed by atoms with Crippen molar-refractivity contribution in [1.29, 1.82) is 0 Å². The van der Waals surface area contributed by atoms with E-state index in [2.05, 4.69) is 0 Å². The second kappa shape index (κ2) is 11.3. The predicted octanol–water partition coefficient (Wildman–Crippen LogP) is 3.78. The number of benzene rings is 3. The van der Waals surface area contributed by atoms with Crippen LogP contribution in [0.2, 0.25) is 0 Å². The van der Waals surface area contributed by atoms with Gasteiger partial charge in [-0.05, 0) is 37.6 Å². The third-order valence-corrected chi connectivity index (χ3v) is 7.25. The maximum atomic E-state index is 13.9. The maximum absolute atomic E-state index is 13.9. The fourth-order valence-corrected chi connectivity index (χ4v) is 5.20. The summed E-state index contributed by atoms with van der Waals surface area (Å²) in [4.78, 5) is 66.6. The fourth-order valence-electron chi connectivity index (χ4n) is 5.20. The molecule has 2 heterocycles. The molecule has 3 aromatic carbocycles. The number of imide groups is 1. The van der Waals surface area contributed by atoms with Crippen molar-refractivity contribution >= 4 is 57.2 Å². The van der Waals surface area contributed by atoms with Gasteiger partial charge < -0.3 is 20.4 Å². The van der Waals surface area contributed by atoms with Crippen molar-refractivity contribution in [2.45, 2.75) is 46.1 Å². The molecule has 214 valence electrons. The van der Waals surface area contributed by atoms with E-state index in [-0.39, 0.29) is 36.3 Å². The molecule has 1 aliphatic heterocycles. The van der Waals surface area contributed by atoms with Crippen molar-refractivity contribution in [2.75, 3.05) is 5.73 Å². The molecule has 1 aliphatic rings. The molecule has 0 unspecified atom stereocenters. The van der Waals surface area contributed by atoms with Crippen molar-refractivity contribution in [3.63, 3.8) is 0 Å². The molecule has 11 heteroatoms. The number of carboxylic acids is 1. The molecule has 5 rings (SSSR count). The lowest BCUT2D eigenvalue weighted by Gasteiger charge is -2.18. The van der Waals surface area contributed by atoms with Gasteiger partial charge in [0, 0.05) is 37.0 Å². The number of aromatic nitrogens is 1. The van der Waals surface area contributed by atoms with E-state index in [0.717, 1.165) is 11.0 Å². The van der Waals surface area contributed by atoms with Crippen LogP contribution in [0.4, 0.5) is 5.69 Å². The molecule has 0 bridgehead atoms. The minimum absolute atomic E-state index is 0.00755. The number of esters is 1. The molecular formula is C31H28N3O8+. The van der Waals surface area contributed by atoms with Gasteiger partial charge in [0.2, 0.25) is 11.0 Å². The molecule has 3 N–H and O–H groups in total. The zero-order valence-corrected chi connectivity index (χ0v) is 23.0. The number of amides is 2. The van der Waals surface area contributed by atoms with Gasteiger partial charge in [0.05, 0.1) is 34.0 Å². The van der Waals surface area contributed by atoms with Crippen molar-refractivity contribution in [2.24, 2.45) is 0 Å². The highest BCUT2D eigenvalue weighted by atomic mass is 16.7. The van der Waals surface area contributed by atoms with Crippen LogP contribution < -0.4 is 15.0 Å². The molecular weight excluding hydrogens is 542 g/mol. The summed E-state index contributed by atoms with van der Waals surface area (Å²) in [6.45, 7) is 3.66. The Morgan fingerprint density at radius 1 is 0.929 bits per heavy atom. The Bertz CT molecular complexity index is 1740. The standard InChI is InChI=1S/C31H27N3O8/c1-17-16-21(30(39)42-34-24(35)13-14-25(34)36)28(32)18(2)29(17)41-31(40)27-19-8-3-5-10-22(19)33(15-7-12-26(37)38)23-11-6-4-9-20(23)27/h3-6,8-11,16H,7,12-15H2,1-2H3,(H2-,32,37,38,39)/p+1. The number of hydrogen-bond acceptors (Lipinski definition) is 8. The van der Waals surface area contributed by atoms with Gasteiger partial charge in [-0.15, -0.1) is 5.06 Å². The van der Waals surface area contributed by atoms with Crippen molar-refractivity contribution in [3.05, 3.63) is 76.9 Å². The van der Waals surface area contributed by atoms with Crippen LogP contribution >= 0.6 is 0 Å². The van der Waals surface area contributed by atoms with Crippen LogP contribution in [0, 0.1) is 13.8 Å². The lowest BCUT2D eigenvalue weighted by Crippen LogP contribution is -2.37. The van der Waals surface area contributed by atoms with Gasteiger partial charge in [0.25, 0.3) is 11.8 Å². The summed E-state index contributed by atoms with van der Waals surface area (Å²) in [5.41, 5.74) is 8.68. The highest BCUT2D eigenvalue weighted by Crippen LogP contribution is 2.34. The van der Waals surface area contributed by atoms with Gasteiger partial charge in [0.15, 0.2) is 0 Å². The number of carboxylic acid groups (broad SMARTS) is 1. The third-order valence-electron chi connectivity index (χ3n) is 7.25. The highest BCUT2D eigenvalue weighted by Gasteiger charge is 2.34. The quantitative estimate of drug-likeness (QED) is 0.0803. The number of hydroxylamine groups is 2. The topological polar surface area (TPSA) is 157 Å². The summed E-state index contributed by atoms with van der Waals surface area (Å²) >= 11 is 0. The molecule has 0 aliphatic carbocycles. The SMILES string of the molecule is Cc1cc(C(=O)ON2C(=O)CCC2=O)c(N)c(C)c1OC(=O)c1c2ccccc2[n+](CCCC(=O)O)c2ccccc12. The fraction of sp³-hybridized carbons (Fsp3) is 0.226. The first-order valence-corrected chi connectivity index (χ1v) is 13.3. The number of carbonyl (C=O) groups excluding carboxylic acids is 4. The number of fused-ring (bicyclic) bond motifs is 2. The lowest BCUT2D eigenvalue weighted by molar-refractivity contribution is -0.645. The summed E-state index contributed by atoms with van der Waals surface area (Å²) in [5, 5.41) is 10.8. The number of nitrogen functional groups attached to an aromatic ring is 1. The molecule has 1 fully saturated rings. The molecule has 2 amide bonds. The van der Waals surface area contributed by atoms with Crippen molar-refractivity contribution in [1.82, 2.24) is 5.06 Å². The zero-order chi connectivity index (χ0) is 30.1. The van der Waals surface area contributed by atoms with E-state index < -0.39 is 29.7 Å². The number of para-hydroxylation sites is 2. The molecule has 0 saturated carbocycles. The number of carbonyl (C=O) groups is 5. The summed E-state index contributed by atoms with van der Waals surface area (Å²) in [6.07, 6.45) is 0.331. The Labute approximate surface area is 240 Å². The van der Waals surface area contributed by atoms with Gasteiger partial charge in [-0.1, -0.05) is 24.3 Å². The van der Waals surface area contributed by atoms with Crippen LogP contribution in [-0.4, -0.2) is 39.9 Å². The number of ether oxygens (including phenoxy) is 1. The molecule has 1 saturated heterocycles. The van der Waals surface area contributed by atoms with E-state index in [9.17, 15) is 24.0 Å². The highest BCUT2D eigenvalue weighted by molar-refractivity contribution is 6.13. The lowest BCUT2D eigenvalue weighted by atomic mass is 10.0. The first-order chi connectivity index (χ1) is 20.1. The molecule has 0 radical (unpaired) electrons. The molecule has 42 heavy (non-hydrogen) atoms. The number of hydrogen-bond donors (Lipinski definition) is 2. The van der Waals surface area contributed by atoms with Gasteiger partial charge >= 0.3 is 17.9 Å². The van der Waals surface area contributed by atoms with E-state index in [4.69, 9.17) is 20.4 Å². The summed E-state index contributed by atoms with van der Waals surface area (Å²) in [6, 6.07) is 16.0. The number of nitrogens with two attached hydrogens (primary N) is 1. The van der Waals surface area contributed by atoms with E-state index in [0.29, 0.717) is 45.5 Å². The van der Waals surface area contributed by atoms with Gasteiger partial charge in [0.1, 0.15) is 12.3 Å². The first-order valence-electron chi connectivity index (χ1n) is 13.3. The van der Waals surface area contributed by atoms with Crippen LogP contribution in [0.15, 0.2) is 54.6 Å². The van der Waals surface area contributed by atoms with Crippen molar-refractivity contribution < 1.29 is 43.2 Å². The maximum Gasteiger partial charge on any atom is 0.366 e. The summed E-state index contributed by atoms with van der Waals surface area (Å²) < 4.78 is 7.93. The van der Waals surface area contributed by atoms with Crippen LogP contribution in [0.5, 0.6) is 5.75 Å². The van der Waals surface area contributed by atoms with Crippen LogP contribution in [-0.2, 0) is 25.8 Å². The first kappa shape index (κ1) is 28.2. The van der Waals surface area contributed by atoms with Gasteiger partial charge in [-0.25, -0.2) is 9.59 Å².